The highest BCUT2D eigenvalue weighted by Gasteiger charge is 2.20. The van der Waals surface area contributed by atoms with Gasteiger partial charge in [-0.1, -0.05) is 35.9 Å². The van der Waals surface area contributed by atoms with Gasteiger partial charge in [0.15, 0.2) is 4.34 Å². The van der Waals surface area contributed by atoms with Gasteiger partial charge in [0.05, 0.1) is 25.1 Å². The molecular formula is C19H22N6O2S2. The number of amides is 1. The van der Waals surface area contributed by atoms with E-state index in [0.717, 1.165) is 34.4 Å². The summed E-state index contributed by atoms with van der Waals surface area (Å²) in [5.41, 5.74) is 0.899. The second-order valence-electron chi connectivity index (χ2n) is 6.66. The lowest BCUT2D eigenvalue weighted by Gasteiger charge is -2.14. The molecule has 3 aromatic rings. The standard InChI is InChI=1S/C19H22N6O2S2/c1-27-15-8-6-13(7-9-15)21-18-23-24-19(29-18)28-12-17(26)22-16-10-11-20-25(16)14-4-2-3-5-14/h6-11,14H,2-5,12H2,1H3,(H,21,23)(H,22,26). The maximum atomic E-state index is 12.4. The van der Waals surface area contributed by atoms with Crippen LogP contribution in [0.3, 0.4) is 0 Å². The fraction of sp³-hybridized carbons (Fsp3) is 0.368. The minimum atomic E-state index is -0.0744. The van der Waals surface area contributed by atoms with Crippen LogP contribution in [0.4, 0.5) is 16.6 Å². The van der Waals surface area contributed by atoms with Gasteiger partial charge in [-0.15, -0.1) is 10.2 Å². The number of nitrogens with zero attached hydrogens (tertiary/aromatic N) is 4. The van der Waals surface area contributed by atoms with E-state index in [2.05, 4.69) is 25.9 Å². The van der Waals surface area contributed by atoms with Gasteiger partial charge < -0.3 is 15.4 Å². The Morgan fingerprint density at radius 1 is 1.24 bits per heavy atom. The van der Waals surface area contributed by atoms with Crippen LogP contribution in [-0.2, 0) is 4.79 Å². The van der Waals surface area contributed by atoms with E-state index in [9.17, 15) is 4.79 Å². The maximum absolute atomic E-state index is 12.4. The number of carbonyl (C=O) groups excluding carboxylic acids is 1. The number of nitrogens with one attached hydrogen (secondary N) is 2. The van der Waals surface area contributed by atoms with Crippen LogP contribution in [0.1, 0.15) is 31.7 Å². The van der Waals surface area contributed by atoms with Gasteiger partial charge in [-0.25, -0.2) is 4.68 Å². The molecule has 10 heteroatoms. The van der Waals surface area contributed by atoms with E-state index >= 15 is 0 Å². The fourth-order valence-corrected chi connectivity index (χ4v) is 4.85. The Morgan fingerprint density at radius 3 is 2.79 bits per heavy atom. The van der Waals surface area contributed by atoms with Crippen molar-refractivity contribution in [2.75, 3.05) is 23.5 Å². The first-order valence-electron chi connectivity index (χ1n) is 9.42. The third kappa shape index (κ3) is 5.07. The number of benzene rings is 1. The van der Waals surface area contributed by atoms with Crippen molar-refractivity contribution >= 4 is 45.6 Å². The molecule has 0 bridgehead atoms. The lowest BCUT2D eigenvalue weighted by molar-refractivity contribution is -0.113. The third-order valence-electron chi connectivity index (χ3n) is 4.68. The molecule has 152 valence electrons. The first-order valence-corrected chi connectivity index (χ1v) is 11.2. The summed E-state index contributed by atoms with van der Waals surface area (Å²) in [7, 11) is 1.63. The summed E-state index contributed by atoms with van der Waals surface area (Å²) in [5.74, 6) is 1.76. The lowest BCUT2D eigenvalue weighted by Crippen LogP contribution is -2.19. The zero-order chi connectivity index (χ0) is 20.1. The monoisotopic (exact) mass is 430 g/mol. The molecule has 1 aliphatic carbocycles. The van der Waals surface area contributed by atoms with E-state index in [4.69, 9.17) is 4.74 Å². The molecule has 0 unspecified atom stereocenters. The average Bonchev–Trinajstić information content (AvgIpc) is 3.49. The number of methoxy groups -OCH3 is 1. The van der Waals surface area contributed by atoms with Gasteiger partial charge in [0.25, 0.3) is 0 Å². The van der Waals surface area contributed by atoms with Gasteiger partial charge in [0.1, 0.15) is 11.6 Å². The molecule has 4 rings (SSSR count). The molecule has 0 spiro atoms. The SMILES string of the molecule is COc1ccc(Nc2nnc(SCC(=O)Nc3ccnn3C3CCCC3)s2)cc1. The van der Waals surface area contributed by atoms with Crippen molar-refractivity contribution in [1.29, 1.82) is 0 Å². The van der Waals surface area contributed by atoms with Crippen molar-refractivity contribution in [1.82, 2.24) is 20.0 Å². The first-order chi connectivity index (χ1) is 14.2. The minimum Gasteiger partial charge on any atom is -0.497 e. The maximum Gasteiger partial charge on any atom is 0.235 e. The predicted molar refractivity (Wildman–Crippen MR) is 115 cm³/mol. The van der Waals surface area contributed by atoms with Gasteiger partial charge in [-0.3, -0.25) is 4.79 Å². The van der Waals surface area contributed by atoms with Crippen LogP contribution in [0.5, 0.6) is 5.75 Å². The third-order valence-corrected chi connectivity index (χ3v) is 6.65. The number of rotatable bonds is 8. The van der Waals surface area contributed by atoms with Crippen LogP contribution in [0.25, 0.3) is 0 Å². The van der Waals surface area contributed by atoms with Gasteiger partial charge >= 0.3 is 0 Å². The molecule has 1 aromatic carbocycles. The van der Waals surface area contributed by atoms with Gasteiger partial charge in [0.2, 0.25) is 11.0 Å². The summed E-state index contributed by atoms with van der Waals surface area (Å²) in [6.07, 6.45) is 6.42. The number of carbonyl (C=O) groups is 1. The highest BCUT2D eigenvalue weighted by Crippen LogP contribution is 2.32. The molecule has 2 heterocycles. The molecular weight excluding hydrogens is 408 g/mol. The van der Waals surface area contributed by atoms with Crippen molar-refractivity contribution in [3.05, 3.63) is 36.5 Å². The molecule has 1 amide bonds. The van der Waals surface area contributed by atoms with Crippen molar-refractivity contribution in [2.24, 2.45) is 0 Å². The minimum absolute atomic E-state index is 0.0744. The Kier molecular flexibility index (Phi) is 6.30. The van der Waals surface area contributed by atoms with E-state index in [1.807, 2.05) is 35.0 Å². The Labute approximate surface area is 177 Å². The summed E-state index contributed by atoms with van der Waals surface area (Å²) in [4.78, 5) is 12.4. The Hall–Kier alpha value is -2.59. The number of hydrogen-bond donors (Lipinski definition) is 2. The van der Waals surface area contributed by atoms with E-state index < -0.39 is 0 Å². The van der Waals surface area contributed by atoms with E-state index in [1.165, 1.54) is 35.9 Å². The second-order valence-corrected chi connectivity index (χ2v) is 8.86. The number of anilines is 3. The molecule has 2 aromatic heterocycles. The summed E-state index contributed by atoms with van der Waals surface area (Å²) < 4.78 is 7.83. The largest absolute Gasteiger partial charge is 0.497 e. The molecule has 1 aliphatic rings. The van der Waals surface area contributed by atoms with Gasteiger partial charge in [-0.2, -0.15) is 5.10 Å². The molecule has 1 saturated carbocycles. The smallest absolute Gasteiger partial charge is 0.235 e. The Bertz CT molecular complexity index is 950. The summed E-state index contributed by atoms with van der Waals surface area (Å²) in [6.45, 7) is 0. The predicted octanol–water partition coefficient (Wildman–Crippen LogP) is 4.33. The van der Waals surface area contributed by atoms with E-state index in [1.54, 1.807) is 13.3 Å². The lowest BCUT2D eigenvalue weighted by atomic mass is 10.2. The number of aromatic nitrogens is 4. The van der Waals surface area contributed by atoms with Crippen LogP contribution in [-0.4, -0.2) is 38.7 Å². The molecule has 0 atom stereocenters. The Balaban J connectivity index is 1.28. The normalized spacial score (nSPS) is 14.1. The molecule has 0 aliphatic heterocycles. The molecule has 8 nitrogen and oxygen atoms in total. The fourth-order valence-electron chi connectivity index (χ4n) is 3.28. The highest BCUT2D eigenvalue weighted by molar-refractivity contribution is 8.01. The van der Waals surface area contributed by atoms with E-state index in [-0.39, 0.29) is 11.7 Å². The van der Waals surface area contributed by atoms with Crippen LogP contribution in [0, 0.1) is 0 Å². The zero-order valence-electron chi connectivity index (χ0n) is 16.0. The Morgan fingerprint density at radius 2 is 2.03 bits per heavy atom. The zero-order valence-corrected chi connectivity index (χ0v) is 17.6. The number of ether oxygens (including phenoxy) is 1. The molecule has 0 saturated heterocycles. The molecule has 29 heavy (non-hydrogen) atoms. The van der Waals surface area contributed by atoms with Crippen molar-refractivity contribution in [2.45, 2.75) is 36.1 Å². The highest BCUT2D eigenvalue weighted by atomic mass is 32.2. The topological polar surface area (TPSA) is 94.0 Å². The average molecular weight is 431 g/mol. The van der Waals surface area contributed by atoms with Gasteiger partial charge in [-0.05, 0) is 37.1 Å². The van der Waals surface area contributed by atoms with Crippen LogP contribution in [0.2, 0.25) is 0 Å². The summed E-state index contributed by atoms with van der Waals surface area (Å²) >= 11 is 2.78. The van der Waals surface area contributed by atoms with Crippen LogP contribution in [0.15, 0.2) is 40.9 Å². The quantitative estimate of drug-likeness (QED) is 0.514. The molecule has 0 radical (unpaired) electrons. The van der Waals surface area contributed by atoms with Gasteiger partial charge in [0, 0.05) is 11.8 Å². The van der Waals surface area contributed by atoms with Crippen LogP contribution >= 0.6 is 23.1 Å². The first kappa shape index (κ1) is 19.7. The van der Waals surface area contributed by atoms with E-state index in [0.29, 0.717) is 11.2 Å². The molecule has 1 fully saturated rings. The number of hydrogen-bond acceptors (Lipinski definition) is 8. The number of thioether (sulfide) groups is 1. The molecule has 2 N–H and O–H groups in total. The van der Waals surface area contributed by atoms with Crippen molar-refractivity contribution in [3.63, 3.8) is 0 Å². The second kappa shape index (κ2) is 9.27. The summed E-state index contributed by atoms with van der Waals surface area (Å²) in [6, 6.07) is 9.81. The van der Waals surface area contributed by atoms with Crippen LogP contribution < -0.4 is 15.4 Å². The summed E-state index contributed by atoms with van der Waals surface area (Å²) in [5, 5.41) is 19.5. The van der Waals surface area contributed by atoms with Crippen molar-refractivity contribution in [3.8, 4) is 5.75 Å². The van der Waals surface area contributed by atoms with Crippen molar-refractivity contribution < 1.29 is 9.53 Å².